The van der Waals surface area contributed by atoms with Crippen LogP contribution in [-0.2, 0) is 4.74 Å². The van der Waals surface area contributed by atoms with Gasteiger partial charge in [0, 0.05) is 31.5 Å². The van der Waals surface area contributed by atoms with E-state index in [0.717, 1.165) is 43.0 Å². The topological polar surface area (TPSA) is 67.4 Å². The molecule has 1 N–H and O–H groups in total. The summed E-state index contributed by atoms with van der Waals surface area (Å²) in [5, 5.41) is 11.5. The van der Waals surface area contributed by atoms with Crippen molar-refractivity contribution in [2.75, 3.05) is 24.5 Å². The van der Waals surface area contributed by atoms with Crippen LogP contribution >= 0.6 is 0 Å². The van der Waals surface area contributed by atoms with Crippen LogP contribution in [-0.4, -0.2) is 47.4 Å². The van der Waals surface area contributed by atoms with Crippen molar-refractivity contribution in [2.45, 2.75) is 38.4 Å². The largest absolute Gasteiger partial charge is 0.369 e. The maximum atomic E-state index is 14.1. The number of anilines is 1. The quantitative estimate of drug-likeness (QED) is 0.861. The highest BCUT2D eigenvalue weighted by atomic mass is 19.1. The van der Waals surface area contributed by atoms with Crippen molar-refractivity contribution in [1.29, 1.82) is 0 Å². The maximum Gasteiger partial charge on any atom is 0.254 e. The van der Waals surface area contributed by atoms with Crippen LogP contribution < -0.4 is 10.2 Å². The van der Waals surface area contributed by atoms with E-state index in [4.69, 9.17) is 4.74 Å². The van der Waals surface area contributed by atoms with Gasteiger partial charge in [0.15, 0.2) is 5.82 Å². The standard InChI is InChI=1S/C22H25FN4O2/c1-13-3-5-15(18(23)9-13)21(28)24-10-16-17-11-27(20-6-4-14(2)25-26-20)12-22(17)8-7-19(16)29-22/h3-6,9,16-17,19H,7-8,10-12H2,1-2H3,(H,24,28)/t16-,17+,19+,22+/m0/s1. The zero-order valence-electron chi connectivity index (χ0n) is 16.7. The Bertz CT molecular complexity index is 950. The van der Waals surface area contributed by atoms with Gasteiger partial charge in [-0.3, -0.25) is 4.79 Å². The molecule has 0 unspecified atom stereocenters. The number of amides is 1. The second kappa shape index (κ2) is 6.76. The molecule has 4 atom stereocenters. The first-order valence-electron chi connectivity index (χ1n) is 10.2. The van der Waals surface area contributed by atoms with Gasteiger partial charge in [-0.25, -0.2) is 4.39 Å². The average molecular weight is 396 g/mol. The number of benzene rings is 1. The van der Waals surface area contributed by atoms with Gasteiger partial charge in [-0.15, -0.1) is 5.10 Å². The summed E-state index contributed by atoms with van der Waals surface area (Å²) in [7, 11) is 0. The Morgan fingerprint density at radius 1 is 1.31 bits per heavy atom. The molecule has 4 heterocycles. The fourth-order valence-electron chi connectivity index (χ4n) is 5.31. The number of carbonyl (C=O) groups is 1. The van der Waals surface area contributed by atoms with Crippen LogP contribution in [0.1, 0.15) is 34.5 Å². The van der Waals surface area contributed by atoms with E-state index >= 15 is 0 Å². The van der Waals surface area contributed by atoms with E-state index in [1.165, 1.54) is 6.07 Å². The second-order valence-electron chi connectivity index (χ2n) is 8.64. The molecular formula is C22H25FN4O2. The Balaban J connectivity index is 1.29. The summed E-state index contributed by atoms with van der Waals surface area (Å²) in [4.78, 5) is 14.8. The number of halogens is 1. The minimum absolute atomic E-state index is 0.0948. The Morgan fingerprint density at radius 3 is 2.93 bits per heavy atom. The molecule has 2 aromatic rings. The van der Waals surface area contributed by atoms with Crippen molar-refractivity contribution < 1.29 is 13.9 Å². The molecule has 0 radical (unpaired) electrons. The first-order valence-corrected chi connectivity index (χ1v) is 10.2. The van der Waals surface area contributed by atoms with Crippen molar-refractivity contribution >= 4 is 11.7 Å². The van der Waals surface area contributed by atoms with Gasteiger partial charge >= 0.3 is 0 Å². The summed E-state index contributed by atoms with van der Waals surface area (Å²) < 4.78 is 20.6. The molecule has 3 aliphatic heterocycles. The van der Waals surface area contributed by atoms with E-state index in [0.29, 0.717) is 12.5 Å². The van der Waals surface area contributed by atoms with Gasteiger partial charge in [0.25, 0.3) is 5.91 Å². The third-order valence-corrected chi connectivity index (χ3v) is 6.76. The van der Waals surface area contributed by atoms with E-state index in [-0.39, 0.29) is 29.1 Å². The molecule has 29 heavy (non-hydrogen) atoms. The Morgan fingerprint density at radius 2 is 2.17 bits per heavy atom. The molecule has 3 fully saturated rings. The van der Waals surface area contributed by atoms with Crippen LogP contribution in [0.5, 0.6) is 0 Å². The normalized spacial score (nSPS) is 29.9. The molecule has 5 rings (SSSR count). The van der Waals surface area contributed by atoms with Gasteiger partial charge in [0.1, 0.15) is 5.82 Å². The molecule has 152 valence electrons. The predicted molar refractivity (Wildman–Crippen MR) is 106 cm³/mol. The number of nitrogens with zero attached hydrogens (tertiary/aromatic N) is 3. The van der Waals surface area contributed by atoms with Gasteiger partial charge in [0.2, 0.25) is 0 Å². The molecule has 3 saturated heterocycles. The second-order valence-corrected chi connectivity index (χ2v) is 8.64. The third kappa shape index (κ3) is 3.08. The van der Waals surface area contributed by atoms with E-state index in [1.54, 1.807) is 19.1 Å². The van der Waals surface area contributed by atoms with Crippen LogP contribution in [0.25, 0.3) is 0 Å². The summed E-state index contributed by atoms with van der Waals surface area (Å²) in [6.45, 7) is 5.88. The van der Waals surface area contributed by atoms with E-state index in [9.17, 15) is 9.18 Å². The lowest BCUT2D eigenvalue weighted by Crippen LogP contribution is -2.42. The number of carbonyl (C=O) groups excluding carboxylic acids is 1. The monoisotopic (exact) mass is 396 g/mol. The van der Waals surface area contributed by atoms with Gasteiger partial charge in [-0.2, -0.15) is 5.10 Å². The SMILES string of the molecule is Cc1ccc(C(=O)NC[C@H]2[C@H]3CN(c4ccc(C)nn4)C[C@]34CC[C@H]2O4)c(F)c1. The highest BCUT2D eigenvalue weighted by molar-refractivity contribution is 5.94. The van der Waals surface area contributed by atoms with Crippen molar-refractivity contribution in [1.82, 2.24) is 15.5 Å². The number of hydrogen-bond donors (Lipinski definition) is 1. The Kier molecular flexibility index (Phi) is 4.31. The summed E-state index contributed by atoms with van der Waals surface area (Å²) in [6, 6.07) is 8.67. The van der Waals surface area contributed by atoms with Gasteiger partial charge in [0.05, 0.1) is 23.0 Å². The maximum absolute atomic E-state index is 14.1. The highest BCUT2D eigenvalue weighted by Gasteiger charge is 2.63. The molecule has 0 saturated carbocycles. The van der Waals surface area contributed by atoms with Crippen molar-refractivity contribution in [2.24, 2.45) is 11.8 Å². The minimum atomic E-state index is -0.479. The fourth-order valence-corrected chi connectivity index (χ4v) is 5.31. The van der Waals surface area contributed by atoms with E-state index < -0.39 is 5.82 Å². The molecule has 0 aliphatic carbocycles. The number of hydrogen-bond acceptors (Lipinski definition) is 5. The number of rotatable bonds is 4. The number of fused-ring (bicyclic) bond motifs is 1. The lowest BCUT2D eigenvalue weighted by atomic mass is 9.73. The zero-order chi connectivity index (χ0) is 20.2. The van der Waals surface area contributed by atoms with Crippen LogP contribution in [0.2, 0.25) is 0 Å². The van der Waals surface area contributed by atoms with Crippen molar-refractivity contribution in [3.8, 4) is 0 Å². The molecule has 1 aromatic heterocycles. The van der Waals surface area contributed by atoms with Crippen LogP contribution in [0.4, 0.5) is 10.2 Å². The number of nitrogens with one attached hydrogen (secondary N) is 1. The van der Waals surface area contributed by atoms with E-state index in [1.807, 2.05) is 19.1 Å². The molecule has 1 aromatic carbocycles. The van der Waals surface area contributed by atoms with Crippen LogP contribution in [0, 0.1) is 31.5 Å². The molecular weight excluding hydrogens is 371 g/mol. The van der Waals surface area contributed by atoms with Gasteiger partial charge < -0.3 is 15.0 Å². The Labute approximate surface area is 169 Å². The minimum Gasteiger partial charge on any atom is -0.369 e. The van der Waals surface area contributed by atoms with Crippen molar-refractivity contribution in [3.05, 3.63) is 53.0 Å². The van der Waals surface area contributed by atoms with Crippen molar-refractivity contribution in [3.63, 3.8) is 0 Å². The molecule has 1 spiro atoms. The van der Waals surface area contributed by atoms with Crippen LogP contribution in [0.15, 0.2) is 30.3 Å². The number of aryl methyl sites for hydroxylation is 2. The first kappa shape index (κ1) is 18.5. The molecule has 6 nitrogen and oxygen atoms in total. The first-order chi connectivity index (χ1) is 13.9. The van der Waals surface area contributed by atoms with Crippen LogP contribution in [0.3, 0.4) is 0 Å². The third-order valence-electron chi connectivity index (χ3n) is 6.76. The fraction of sp³-hybridized carbons (Fsp3) is 0.500. The lowest BCUT2D eigenvalue weighted by Gasteiger charge is -2.29. The smallest absolute Gasteiger partial charge is 0.254 e. The summed E-state index contributed by atoms with van der Waals surface area (Å²) in [5.41, 5.74) is 1.62. The predicted octanol–water partition coefficient (Wildman–Crippen LogP) is 2.65. The zero-order valence-corrected chi connectivity index (χ0v) is 16.7. The van der Waals surface area contributed by atoms with Gasteiger partial charge in [-0.05, 0) is 56.5 Å². The summed E-state index contributed by atoms with van der Waals surface area (Å²) >= 11 is 0. The summed E-state index contributed by atoms with van der Waals surface area (Å²) in [6.07, 6.45) is 2.20. The van der Waals surface area contributed by atoms with E-state index in [2.05, 4.69) is 20.4 Å². The number of aromatic nitrogens is 2. The number of ether oxygens (including phenoxy) is 1. The summed E-state index contributed by atoms with van der Waals surface area (Å²) in [5.74, 6) is 0.583. The molecule has 7 heteroatoms. The van der Waals surface area contributed by atoms with Gasteiger partial charge in [-0.1, -0.05) is 6.07 Å². The Hall–Kier alpha value is -2.54. The highest BCUT2D eigenvalue weighted by Crippen LogP contribution is 2.55. The lowest BCUT2D eigenvalue weighted by molar-refractivity contribution is 0.0141. The molecule has 1 amide bonds. The molecule has 3 aliphatic rings. The molecule has 2 bridgehead atoms. The average Bonchev–Trinajstić information content (AvgIpc) is 3.35.